The molecule has 7 aromatic carbocycles. The summed E-state index contributed by atoms with van der Waals surface area (Å²) < 4.78 is 20.1. The zero-order valence-corrected chi connectivity index (χ0v) is 39.6. The molecule has 3 nitrogen and oxygen atoms in total. The van der Waals surface area contributed by atoms with E-state index in [9.17, 15) is 0 Å². The molecule has 0 bridgehead atoms. The Kier molecular flexibility index (Phi) is 12.6. The van der Waals surface area contributed by atoms with Gasteiger partial charge in [-0.1, -0.05) is 153 Å². The molecule has 0 unspecified atom stereocenters. The first-order valence-corrected chi connectivity index (χ1v) is 25.2. The Bertz CT molecular complexity index is 3140. The summed E-state index contributed by atoms with van der Waals surface area (Å²) in [7, 11) is -1.34. The van der Waals surface area contributed by atoms with Crippen molar-refractivity contribution >= 4 is 55.8 Å². The molecule has 0 N–H and O–H groups in total. The van der Waals surface area contributed by atoms with Gasteiger partial charge in [-0.2, -0.15) is 11.3 Å². The molecule has 0 atom stereocenters. The Hall–Kier alpha value is -5.82. The first kappa shape index (κ1) is 42.8. The number of para-hydroxylation sites is 1. The second kappa shape index (κ2) is 18.3. The minimum absolute atomic E-state index is 0. The number of rotatable bonds is 8. The number of halogens is 1. The quantitative estimate of drug-likeness (QED) is 0.112. The number of thiophene rings is 1. The van der Waals surface area contributed by atoms with Crippen LogP contribution in [0.15, 0.2) is 170 Å². The van der Waals surface area contributed by atoms with Crippen molar-refractivity contribution in [3.63, 3.8) is 0 Å². The second-order valence-corrected chi connectivity index (χ2v) is 23.0. The van der Waals surface area contributed by atoms with Crippen molar-refractivity contribution in [1.29, 1.82) is 0 Å². The topological polar surface area (TPSA) is 30.7 Å². The molecule has 0 spiro atoms. The molecule has 10 rings (SSSR count). The first-order chi connectivity index (χ1) is 29.6. The number of benzene rings is 7. The van der Waals surface area contributed by atoms with Crippen LogP contribution in [0, 0.1) is 23.9 Å². The minimum atomic E-state index is -1.34. The zero-order chi connectivity index (χ0) is 42.1. The molecule has 0 aliphatic heterocycles. The monoisotopic (exact) mass is 1020 g/mol. The van der Waals surface area contributed by atoms with Crippen LogP contribution in [0.1, 0.15) is 19.4 Å². The van der Waals surface area contributed by atoms with E-state index in [1.807, 2.05) is 71.3 Å². The Morgan fingerprint density at radius 3 is 2.15 bits per heavy atom. The molecule has 0 fully saturated rings. The number of aromatic nitrogens is 3. The molecule has 0 aliphatic rings. The summed E-state index contributed by atoms with van der Waals surface area (Å²) in [6.07, 6.45) is 3.24. The summed E-state index contributed by atoms with van der Waals surface area (Å²) in [6, 6.07) is 61.7. The molecular formula is C55H46FIrN3SSi-2. The van der Waals surface area contributed by atoms with Gasteiger partial charge in [0.25, 0.3) is 0 Å². The van der Waals surface area contributed by atoms with Crippen molar-refractivity contribution in [2.45, 2.75) is 39.9 Å². The maximum Gasteiger partial charge on any atom is 0.148 e. The van der Waals surface area contributed by atoms with Crippen molar-refractivity contribution in [3.8, 4) is 50.6 Å². The van der Waals surface area contributed by atoms with Crippen LogP contribution in [0.2, 0.25) is 19.6 Å². The second-order valence-electron chi connectivity index (χ2n) is 16.9. The van der Waals surface area contributed by atoms with Crippen LogP contribution in [0.3, 0.4) is 0 Å². The van der Waals surface area contributed by atoms with E-state index in [-0.39, 0.29) is 25.9 Å². The first-order valence-electron chi connectivity index (χ1n) is 20.8. The van der Waals surface area contributed by atoms with Crippen LogP contribution in [-0.2, 0) is 26.5 Å². The number of pyridine rings is 1. The van der Waals surface area contributed by atoms with Gasteiger partial charge in [-0.3, -0.25) is 4.98 Å². The summed E-state index contributed by atoms with van der Waals surface area (Å²) in [6.45, 7) is 11.7. The molecular weight excluding hydrogens is 974 g/mol. The predicted octanol–water partition coefficient (Wildman–Crippen LogP) is 14.6. The van der Waals surface area contributed by atoms with E-state index in [2.05, 4.69) is 142 Å². The Balaban J connectivity index is 0.000000214. The Morgan fingerprint density at radius 1 is 0.694 bits per heavy atom. The summed E-state index contributed by atoms with van der Waals surface area (Å²) in [5.74, 6) is 1.03. The Labute approximate surface area is 382 Å². The number of fused-ring (bicyclic) bond motifs is 4. The van der Waals surface area contributed by atoms with E-state index < -0.39 is 8.07 Å². The molecule has 3 aromatic heterocycles. The molecule has 0 amide bonds. The Morgan fingerprint density at radius 2 is 1.42 bits per heavy atom. The molecule has 309 valence electrons. The van der Waals surface area contributed by atoms with E-state index in [4.69, 9.17) is 4.98 Å². The molecule has 0 saturated carbocycles. The van der Waals surface area contributed by atoms with Gasteiger partial charge in [-0.25, -0.2) is 4.39 Å². The number of hydrogen-bond donors (Lipinski definition) is 0. The zero-order valence-electron chi connectivity index (χ0n) is 35.4. The third-order valence-electron chi connectivity index (χ3n) is 11.0. The van der Waals surface area contributed by atoms with Crippen molar-refractivity contribution in [1.82, 2.24) is 14.5 Å². The van der Waals surface area contributed by atoms with Gasteiger partial charge in [0.05, 0.1) is 24.9 Å². The number of nitrogens with zero attached hydrogens (tertiary/aromatic N) is 3. The van der Waals surface area contributed by atoms with Crippen LogP contribution < -0.4 is 5.19 Å². The van der Waals surface area contributed by atoms with Crippen molar-refractivity contribution in [2.75, 3.05) is 0 Å². The SMILES string of the molecule is CC(C)Cc1cc(-c2[c-]cccc2)ncc1[Si](C)(C)C.Fc1cccc2nc(-c3[c-]ccc4c3sc3ccccc34)n(-c3cc(-c4ccccc4)ccc3-c3ccccc3)c12.[Ir]. The van der Waals surface area contributed by atoms with Gasteiger partial charge in [0.2, 0.25) is 0 Å². The smallest absolute Gasteiger partial charge is 0.148 e. The third kappa shape index (κ3) is 8.64. The van der Waals surface area contributed by atoms with E-state index >= 15 is 4.39 Å². The van der Waals surface area contributed by atoms with E-state index in [1.54, 1.807) is 17.4 Å². The van der Waals surface area contributed by atoms with Crippen LogP contribution in [-0.4, -0.2) is 22.6 Å². The average Bonchev–Trinajstić information content (AvgIpc) is 3.87. The van der Waals surface area contributed by atoms with E-state index in [0.717, 1.165) is 61.3 Å². The van der Waals surface area contributed by atoms with E-state index in [0.29, 0.717) is 22.8 Å². The van der Waals surface area contributed by atoms with Gasteiger partial charge in [0.15, 0.2) is 0 Å². The van der Waals surface area contributed by atoms with Gasteiger partial charge in [0.1, 0.15) is 5.82 Å². The summed E-state index contributed by atoms with van der Waals surface area (Å²) in [5, 5.41) is 3.85. The molecule has 7 heteroatoms. The third-order valence-corrected chi connectivity index (χ3v) is 14.3. The van der Waals surface area contributed by atoms with Gasteiger partial charge in [-0.05, 0) is 74.3 Å². The summed E-state index contributed by atoms with van der Waals surface area (Å²) in [5.41, 5.74) is 10.6. The van der Waals surface area contributed by atoms with Crippen LogP contribution >= 0.6 is 11.3 Å². The van der Waals surface area contributed by atoms with Crippen molar-refractivity contribution in [2.24, 2.45) is 5.92 Å². The molecule has 1 radical (unpaired) electrons. The van der Waals surface area contributed by atoms with Gasteiger partial charge < -0.3 is 9.55 Å². The van der Waals surface area contributed by atoms with Gasteiger partial charge in [-0.15, -0.1) is 54.1 Å². The molecule has 62 heavy (non-hydrogen) atoms. The van der Waals surface area contributed by atoms with E-state index in [1.165, 1.54) is 26.9 Å². The standard InChI is InChI=1S/C37H22FN2S.C18H24NSi.Ir/c38-31-18-10-19-32-35(31)40(37(39-32)30-17-9-16-29-28-15-7-8-20-34(28)41-36(29)30)33-23-26(24-11-3-1-4-12-24)21-22-27(33)25-13-5-2-6-14-25;1-14(2)11-16-12-17(15-9-7-6-8-10-15)19-13-18(16)20(3,4)5;/h1-16,18-23H;6-9,12-14H,11H2,1-5H3;/q2*-1;. The van der Waals surface area contributed by atoms with Gasteiger partial charge in [0, 0.05) is 42.3 Å². The number of imidazole rings is 1. The average molecular weight is 1020 g/mol. The fourth-order valence-electron chi connectivity index (χ4n) is 8.21. The van der Waals surface area contributed by atoms with Crippen molar-refractivity contribution < 1.29 is 24.5 Å². The fourth-order valence-corrected chi connectivity index (χ4v) is 11.0. The molecule has 10 aromatic rings. The largest absolute Gasteiger partial charge is 0.330 e. The van der Waals surface area contributed by atoms with Crippen LogP contribution in [0.25, 0.3) is 81.8 Å². The normalized spacial score (nSPS) is 11.5. The van der Waals surface area contributed by atoms with Crippen LogP contribution in [0.5, 0.6) is 0 Å². The van der Waals surface area contributed by atoms with Gasteiger partial charge >= 0.3 is 0 Å². The molecule has 3 heterocycles. The number of hydrogen-bond acceptors (Lipinski definition) is 3. The summed E-state index contributed by atoms with van der Waals surface area (Å²) >= 11 is 1.72. The molecule has 0 aliphatic carbocycles. The maximum atomic E-state index is 15.8. The minimum Gasteiger partial charge on any atom is -0.330 e. The molecule has 0 saturated heterocycles. The summed E-state index contributed by atoms with van der Waals surface area (Å²) in [4.78, 5) is 9.76. The maximum absolute atomic E-state index is 15.8. The predicted molar refractivity (Wildman–Crippen MR) is 259 cm³/mol. The van der Waals surface area contributed by atoms with Crippen molar-refractivity contribution in [3.05, 3.63) is 194 Å². The van der Waals surface area contributed by atoms with Crippen LogP contribution in [0.4, 0.5) is 4.39 Å². The fraction of sp³-hybridized carbons (Fsp3) is 0.127.